The number of ether oxygens (including phenoxy) is 2. The number of amides is 2. The highest BCUT2D eigenvalue weighted by Crippen LogP contribution is 2.19. The number of nitrogens with one attached hydrogen (secondary N) is 1. The number of esters is 1. The lowest BCUT2D eigenvalue weighted by molar-refractivity contribution is -0.135. The molecule has 34 heavy (non-hydrogen) atoms. The Morgan fingerprint density at radius 2 is 1.56 bits per heavy atom. The smallest absolute Gasteiger partial charge is 0.342 e. The standard InChI is InChI=1S/C26H25FN2O5/c1-2-29(16-19-10-4-3-5-11-19)25(31)18-34-26(32)20-12-6-9-15-23(20)33-17-24(30)28-22-14-8-7-13-21(22)27/h3-15H,2,16-18H2,1H3,(H,28,30). The molecule has 0 fully saturated rings. The summed E-state index contributed by atoms with van der Waals surface area (Å²) in [6.45, 7) is 1.84. The van der Waals surface area contributed by atoms with Crippen molar-refractivity contribution in [2.45, 2.75) is 13.5 Å². The van der Waals surface area contributed by atoms with Crippen molar-refractivity contribution in [3.63, 3.8) is 0 Å². The molecule has 0 unspecified atom stereocenters. The van der Waals surface area contributed by atoms with Gasteiger partial charge in [0, 0.05) is 13.1 Å². The van der Waals surface area contributed by atoms with Crippen molar-refractivity contribution < 1.29 is 28.2 Å². The molecule has 0 aliphatic carbocycles. The van der Waals surface area contributed by atoms with E-state index in [2.05, 4.69) is 5.32 Å². The summed E-state index contributed by atoms with van der Waals surface area (Å²) >= 11 is 0. The molecule has 3 aromatic rings. The van der Waals surface area contributed by atoms with E-state index in [1.54, 1.807) is 23.1 Å². The van der Waals surface area contributed by atoms with E-state index in [0.717, 1.165) is 5.56 Å². The van der Waals surface area contributed by atoms with Gasteiger partial charge in [0.15, 0.2) is 13.2 Å². The van der Waals surface area contributed by atoms with Crippen LogP contribution in [0.1, 0.15) is 22.8 Å². The predicted molar refractivity (Wildman–Crippen MR) is 125 cm³/mol. The minimum absolute atomic E-state index is 0.0262. The molecule has 7 nitrogen and oxygen atoms in total. The highest BCUT2D eigenvalue weighted by atomic mass is 19.1. The predicted octanol–water partition coefficient (Wildman–Crippen LogP) is 4.05. The molecule has 2 amide bonds. The summed E-state index contributed by atoms with van der Waals surface area (Å²) in [6, 6.07) is 21.5. The fourth-order valence-corrected chi connectivity index (χ4v) is 3.13. The first-order valence-corrected chi connectivity index (χ1v) is 10.7. The van der Waals surface area contributed by atoms with Crippen molar-refractivity contribution in [1.82, 2.24) is 4.90 Å². The highest BCUT2D eigenvalue weighted by molar-refractivity contribution is 5.95. The number of hydrogen-bond donors (Lipinski definition) is 1. The minimum Gasteiger partial charge on any atom is -0.483 e. The average molecular weight is 464 g/mol. The SMILES string of the molecule is CCN(Cc1ccccc1)C(=O)COC(=O)c1ccccc1OCC(=O)Nc1ccccc1F. The first kappa shape index (κ1) is 24.4. The molecule has 0 aliphatic rings. The number of halogens is 1. The van der Waals surface area contributed by atoms with E-state index >= 15 is 0 Å². The van der Waals surface area contributed by atoms with E-state index < -0.39 is 30.9 Å². The third-order valence-corrected chi connectivity index (χ3v) is 4.89. The molecule has 0 atom stereocenters. The second kappa shape index (κ2) is 12.2. The topological polar surface area (TPSA) is 84.9 Å². The van der Waals surface area contributed by atoms with Gasteiger partial charge in [0.05, 0.1) is 5.69 Å². The molecule has 8 heteroatoms. The second-order valence-corrected chi connectivity index (χ2v) is 7.28. The third kappa shape index (κ3) is 6.90. The molecule has 0 aliphatic heterocycles. The van der Waals surface area contributed by atoms with E-state index in [-0.39, 0.29) is 22.9 Å². The Hall–Kier alpha value is -4.20. The first-order chi connectivity index (χ1) is 16.5. The van der Waals surface area contributed by atoms with E-state index in [1.165, 1.54) is 30.3 Å². The maximum Gasteiger partial charge on any atom is 0.342 e. The van der Waals surface area contributed by atoms with Crippen LogP contribution < -0.4 is 10.1 Å². The molecule has 176 valence electrons. The Balaban J connectivity index is 1.55. The Bertz CT molecular complexity index is 1140. The molecule has 0 saturated carbocycles. The van der Waals surface area contributed by atoms with Gasteiger partial charge in [-0.2, -0.15) is 0 Å². The normalized spacial score (nSPS) is 10.3. The van der Waals surface area contributed by atoms with Crippen LogP contribution in [0.4, 0.5) is 10.1 Å². The fraction of sp³-hybridized carbons (Fsp3) is 0.192. The van der Waals surface area contributed by atoms with Crippen molar-refractivity contribution in [1.29, 1.82) is 0 Å². The molecule has 0 heterocycles. The number of carbonyl (C=O) groups is 3. The summed E-state index contributed by atoms with van der Waals surface area (Å²) in [5.74, 6) is -2.14. The zero-order valence-electron chi connectivity index (χ0n) is 18.7. The van der Waals surface area contributed by atoms with Gasteiger partial charge in [-0.25, -0.2) is 9.18 Å². The average Bonchev–Trinajstić information content (AvgIpc) is 2.86. The number of anilines is 1. The second-order valence-electron chi connectivity index (χ2n) is 7.28. The van der Waals surface area contributed by atoms with Crippen LogP contribution in [-0.4, -0.2) is 42.4 Å². The van der Waals surface area contributed by atoms with Crippen LogP contribution in [-0.2, 0) is 20.9 Å². The lowest BCUT2D eigenvalue weighted by Gasteiger charge is -2.21. The zero-order valence-corrected chi connectivity index (χ0v) is 18.7. The summed E-state index contributed by atoms with van der Waals surface area (Å²) in [5, 5.41) is 2.40. The number of hydrogen-bond acceptors (Lipinski definition) is 5. The maximum atomic E-state index is 13.7. The van der Waals surface area contributed by atoms with Crippen molar-refractivity contribution >= 4 is 23.5 Å². The number of likely N-dealkylation sites (N-methyl/N-ethyl adjacent to an activating group) is 1. The number of rotatable bonds is 10. The van der Waals surface area contributed by atoms with Gasteiger partial charge in [-0.3, -0.25) is 9.59 Å². The van der Waals surface area contributed by atoms with Crippen LogP contribution in [0.25, 0.3) is 0 Å². The molecule has 1 N–H and O–H groups in total. The molecular weight excluding hydrogens is 439 g/mol. The Morgan fingerprint density at radius 3 is 2.29 bits per heavy atom. The largest absolute Gasteiger partial charge is 0.483 e. The van der Waals surface area contributed by atoms with Crippen molar-refractivity contribution in [2.75, 3.05) is 25.1 Å². The molecule has 3 rings (SSSR count). The Labute approximate surface area is 197 Å². The van der Waals surface area contributed by atoms with E-state index in [4.69, 9.17) is 9.47 Å². The number of para-hydroxylation sites is 2. The van der Waals surface area contributed by atoms with Gasteiger partial charge in [-0.1, -0.05) is 54.6 Å². The lowest BCUT2D eigenvalue weighted by Crippen LogP contribution is -2.34. The molecule has 0 radical (unpaired) electrons. The van der Waals surface area contributed by atoms with Crippen molar-refractivity contribution in [2.24, 2.45) is 0 Å². The zero-order chi connectivity index (χ0) is 24.3. The molecule has 0 spiro atoms. The summed E-state index contributed by atoms with van der Waals surface area (Å²) in [7, 11) is 0. The molecule has 0 aromatic heterocycles. The molecule has 3 aromatic carbocycles. The van der Waals surface area contributed by atoms with E-state index in [1.807, 2.05) is 37.3 Å². The van der Waals surface area contributed by atoms with Gasteiger partial charge in [0.25, 0.3) is 11.8 Å². The maximum absolute atomic E-state index is 13.7. The van der Waals surface area contributed by atoms with Gasteiger partial charge >= 0.3 is 5.97 Å². The Kier molecular flexibility index (Phi) is 8.73. The number of nitrogens with zero attached hydrogens (tertiary/aromatic N) is 1. The summed E-state index contributed by atoms with van der Waals surface area (Å²) < 4.78 is 24.4. The summed E-state index contributed by atoms with van der Waals surface area (Å²) in [5.41, 5.74) is 1.06. The lowest BCUT2D eigenvalue weighted by atomic mass is 10.2. The molecule has 0 saturated heterocycles. The van der Waals surface area contributed by atoms with Gasteiger partial charge in [-0.15, -0.1) is 0 Å². The monoisotopic (exact) mass is 464 g/mol. The van der Waals surface area contributed by atoms with Crippen LogP contribution >= 0.6 is 0 Å². The quantitative estimate of drug-likeness (QED) is 0.458. The fourth-order valence-electron chi connectivity index (χ4n) is 3.13. The van der Waals surface area contributed by atoms with Crippen LogP contribution in [0.2, 0.25) is 0 Å². The number of benzene rings is 3. The van der Waals surface area contributed by atoms with Crippen LogP contribution in [0.3, 0.4) is 0 Å². The highest BCUT2D eigenvalue weighted by Gasteiger charge is 2.19. The van der Waals surface area contributed by atoms with Gasteiger partial charge in [0.1, 0.15) is 17.1 Å². The van der Waals surface area contributed by atoms with Gasteiger partial charge in [0.2, 0.25) is 0 Å². The summed E-state index contributed by atoms with van der Waals surface area (Å²) in [4.78, 5) is 38.9. The van der Waals surface area contributed by atoms with Crippen molar-refractivity contribution in [3.05, 3.63) is 95.8 Å². The van der Waals surface area contributed by atoms with Gasteiger partial charge < -0.3 is 19.7 Å². The third-order valence-electron chi connectivity index (χ3n) is 4.89. The van der Waals surface area contributed by atoms with Gasteiger partial charge in [-0.05, 0) is 36.8 Å². The number of carbonyl (C=O) groups excluding carboxylic acids is 3. The van der Waals surface area contributed by atoms with Crippen LogP contribution in [0.15, 0.2) is 78.9 Å². The van der Waals surface area contributed by atoms with Crippen LogP contribution in [0.5, 0.6) is 5.75 Å². The Morgan fingerprint density at radius 1 is 0.882 bits per heavy atom. The first-order valence-electron chi connectivity index (χ1n) is 10.7. The van der Waals surface area contributed by atoms with E-state index in [0.29, 0.717) is 13.1 Å². The molecular formula is C26H25FN2O5. The summed E-state index contributed by atoms with van der Waals surface area (Å²) in [6.07, 6.45) is 0. The van der Waals surface area contributed by atoms with Crippen molar-refractivity contribution in [3.8, 4) is 5.75 Å². The van der Waals surface area contributed by atoms with Crippen LogP contribution in [0, 0.1) is 5.82 Å². The molecule has 0 bridgehead atoms. The van der Waals surface area contributed by atoms with E-state index in [9.17, 15) is 18.8 Å². The minimum atomic E-state index is -0.755.